The molecular weight excluding hydrogens is 308 g/mol. The number of aryl methyl sites for hydroxylation is 5. The fourth-order valence-corrected chi connectivity index (χ4v) is 3.00. The lowest BCUT2D eigenvalue weighted by atomic mass is 10.0. The van der Waals surface area contributed by atoms with Gasteiger partial charge < -0.3 is 10.6 Å². The molecule has 0 aliphatic rings. The second-order valence-corrected chi connectivity index (χ2v) is 6.67. The molecular formula is C21H34N4. The van der Waals surface area contributed by atoms with Gasteiger partial charge >= 0.3 is 0 Å². The highest BCUT2D eigenvalue weighted by Crippen LogP contribution is 2.26. The van der Waals surface area contributed by atoms with Crippen molar-refractivity contribution in [2.24, 2.45) is 0 Å². The van der Waals surface area contributed by atoms with Gasteiger partial charge in [-0.1, -0.05) is 31.0 Å². The minimum absolute atomic E-state index is 0.572. The minimum atomic E-state index is 0.572. The van der Waals surface area contributed by atoms with E-state index in [4.69, 9.17) is 5.73 Å². The predicted octanol–water partition coefficient (Wildman–Crippen LogP) is 4.91. The monoisotopic (exact) mass is 342 g/mol. The number of hydrogen-bond donors (Lipinski definition) is 1. The Morgan fingerprint density at radius 3 is 2.00 bits per heavy atom. The fraction of sp³-hybridized carbons (Fsp3) is 0.524. The first-order valence-corrected chi connectivity index (χ1v) is 9.18. The molecule has 0 saturated carbocycles. The smallest absolute Gasteiger partial charge is 0.129 e. The minimum Gasteiger partial charge on any atom is -0.383 e. The standard InChI is InChI=1S/C15H25N.C6H9N3/c1-6-8-9-16(7-2)15-13(4)10-12(3)11-14(15)5;1-4-3-8-5(2)9-6(4)7/h10-11H,6-9H2,1-5H3;3H,1-2H3,(H2,7,8,9). The molecule has 2 N–H and O–H groups in total. The van der Waals surface area contributed by atoms with E-state index in [0.717, 1.165) is 17.9 Å². The zero-order valence-electron chi connectivity index (χ0n) is 17.0. The van der Waals surface area contributed by atoms with E-state index in [1.165, 1.54) is 41.8 Å². The number of nitrogen functional groups attached to an aromatic ring is 1. The number of rotatable bonds is 5. The Balaban J connectivity index is 0.000000293. The zero-order valence-corrected chi connectivity index (χ0v) is 17.0. The van der Waals surface area contributed by atoms with E-state index in [1.54, 1.807) is 6.20 Å². The first-order chi connectivity index (χ1) is 11.8. The van der Waals surface area contributed by atoms with Gasteiger partial charge in [0.05, 0.1) is 0 Å². The molecule has 0 saturated heterocycles. The summed E-state index contributed by atoms with van der Waals surface area (Å²) in [7, 11) is 0. The van der Waals surface area contributed by atoms with E-state index >= 15 is 0 Å². The molecule has 0 spiro atoms. The van der Waals surface area contributed by atoms with Gasteiger partial charge in [-0.3, -0.25) is 0 Å². The van der Waals surface area contributed by atoms with Crippen LogP contribution in [-0.2, 0) is 0 Å². The molecule has 25 heavy (non-hydrogen) atoms. The maximum Gasteiger partial charge on any atom is 0.129 e. The van der Waals surface area contributed by atoms with Crippen LogP contribution in [0.2, 0.25) is 0 Å². The summed E-state index contributed by atoms with van der Waals surface area (Å²) < 4.78 is 0. The molecule has 4 nitrogen and oxygen atoms in total. The van der Waals surface area contributed by atoms with Crippen molar-refractivity contribution >= 4 is 11.5 Å². The predicted molar refractivity (Wildman–Crippen MR) is 109 cm³/mol. The first-order valence-electron chi connectivity index (χ1n) is 9.18. The molecule has 4 heteroatoms. The van der Waals surface area contributed by atoms with Gasteiger partial charge in [-0.15, -0.1) is 0 Å². The van der Waals surface area contributed by atoms with E-state index in [9.17, 15) is 0 Å². The molecule has 2 aromatic rings. The third kappa shape index (κ3) is 6.37. The van der Waals surface area contributed by atoms with Gasteiger partial charge in [0.15, 0.2) is 0 Å². The van der Waals surface area contributed by atoms with E-state index in [2.05, 4.69) is 61.6 Å². The summed E-state index contributed by atoms with van der Waals surface area (Å²) in [6.07, 6.45) is 4.26. The fourth-order valence-electron chi connectivity index (χ4n) is 3.00. The Bertz CT molecular complexity index is 657. The third-order valence-corrected chi connectivity index (χ3v) is 4.25. The van der Waals surface area contributed by atoms with Crippen LogP contribution in [0.3, 0.4) is 0 Å². The molecule has 0 radical (unpaired) electrons. The van der Waals surface area contributed by atoms with Gasteiger partial charge in [0.25, 0.3) is 0 Å². The number of nitrogens with zero attached hydrogens (tertiary/aromatic N) is 3. The maximum atomic E-state index is 5.47. The summed E-state index contributed by atoms with van der Waals surface area (Å²) in [5.74, 6) is 1.29. The normalized spacial score (nSPS) is 10.2. The van der Waals surface area contributed by atoms with Gasteiger partial charge in [-0.25, -0.2) is 9.97 Å². The SMILES string of the molecule is CCCCN(CC)c1c(C)cc(C)cc1C.Cc1ncc(C)c(N)n1. The molecule has 0 unspecified atom stereocenters. The average molecular weight is 343 g/mol. The summed E-state index contributed by atoms with van der Waals surface area (Å²) in [5.41, 5.74) is 12.0. The molecule has 1 aromatic heterocycles. The van der Waals surface area contributed by atoms with Crippen LogP contribution >= 0.6 is 0 Å². The number of anilines is 2. The van der Waals surface area contributed by atoms with Crippen LogP contribution < -0.4 is 10.6 Å². The Labute approximate surface area is 153 Å². The number of benzene rings is 1. The van der Waals surface area contributed by atoms with Crippen LogP contribution in [0, 0.1) is 34.6 Å². The lowest BCUT2D eigenvalue weighted by Crippen LogP contribution is -2.25. The van der Waals surface area contributed by atoms with Crippen LogP contribution in [0.15, 0.2) is 18.3 Å². The van der Waals surface area contributed by atoms with E-state index in [1.807, 2.05) is 13.8 Å². The lowest BCUT2D eigenvalue weighted by molar-refractivity contribution is 0.728. The zero-order chi connectivity index (χ0) is 19.0. The summed E-state index contributed by atoms with van der Waals surface area (Å²) in [6.45, 7) is 17.1. The molecule has 1 aromatic carbocycles. The lowest BCUT2D eigenvalue weighted by Gasteiger charge is -2.27. The van der Waals surface area contributed by atoms with E-state index in [0.29, 0.717) is 5.82 Å². The Morgan fingerprint density at radius 1 is 0.960 bits per heavy atom. The van der Waals surface area contributed by atoms with Gasteiger partial charge in [-0.05, 0) is 59.1 Å². The molecule has 1 heterocycles. The van der Waals surface area contributed by atoms with Crippen molar-refractivity contribution in [1.82, 2.24) is 9.97 Å². The topological polar surface area (TPSA) is 55.0 Å². The summed E-state index contributed by atoms with van der Waals surface area (Å²) in [5, 5.41) is 0. The van der Waals surface area contributed by atoms with Crippen molar-refractivity contribution in [3.8, 4) is 0 Å². The molecule has 2 rings (SSSR count). The summed E-state index contributed by atoms with van der Waals surface area (Å²) >= 11 is 0. The van der Waals surface area contributed by atoms with Crippen LogP contribution in [0.5, 0.6) is 0 Å². The molecule has 138 valence electrons. The van der Waals surface area contributed by atoms with Crippen LogP contribution in [0.25, 0.3) is 0 Å². The van der Waals surface area contributed by atoms with Crippen molar-refractivity contribution in [2.75, 3.05) is 23.7 Å². The first kappa shape index (κ1) is 20.9. The molecule has 0 fully saturated rings. The van der Waals surface area contributed by atoms with Gasteiger partial charge in [0, 0.05) is 30.5 Å². The number of hydrogen-bond acceptors (Lipinski definition) is 4. The second-order valence-electron chi connectivity index (χ2n) is 6.67. The maximum absolute atomic E-state index is 5.47. The van der Waals surface area contributed by atoms with Crippen molar-refractivity contribution in [3.63, 3.8) is 0 Å². The second kappa shape index (κ2) is 10.0. The largest absolute Gasteiger partial charge is 0.383 e. The molecule has 0 amide bonds. The number of unbranched alkanes of at least 4 members (excludes halogenated alkanes) is 1. The molecule has 0 atom stereocenters. The van der Waals surface area contributed by atoms with Crippen molar-refractivity contribution in [2.45, 2.75) is 61.3 Å². The summed E-state index contributed by atoms with van der Waals surface area (Å²) in [4.78, 5) is 10.4. The van der Waals surface area contributed by atoms with E-state index in [-0.39, 0.29) is 0 Å². The summed E-state index contributed by atoms with van der Waals surface area (Å²) in [6, 6.07) is 4.58. The highest BCUT2D eigenvalue weighted by atomic mass is 15.1. The average Bonchev–Trinajstić information content (AvgIpc) is 2.54. The highest BCUT2D eigenvalue weighted by Gasteiger charge is 2.10. The van der Waals surface area contributed by atoms with Crippen LogP contribution in [-0.4, -0.2) is 23.1 Å². The number of nitrogens with two attached hydrogens (primary N) is 1. The Morgan fingerprint density at radius 2 is 1.56 bits per heavy atom. The third-order valence-electron chi connectivity index (χ3n) is 4.25. The quantitative estimate of drug-likeness (QED) is 0.838. The number of aromatic nitrogens is 2. The Kier molecular flexibility index (Phi) is 8.39. The molecule has 0 bridgehead atoms. The Hall–Kier alpha value is -2.10. The van der Waals surface area contributed by atoms with Crippen molar-refractivity contribution in [1.29, 1.82) is 0 Å². The van der Waals surface area contributed by atoms with Crippen molar-refractivity contribution in [3.05, 3.63) is 46.4 Å². The molecule has 0 aliphatic heterocycles. The van der Waals surface area contributed by atoms with Gasteiger partial charge in [0.1, 0.15) is 11.6 Å². The van der Waals surface area contributed by atoms with Crippen molar-refractivity contribution < 1.29 is 0 Å². The molecule has 0 aliphatic carbocycles. The van der Waals surface area contributed by atoms with Crippen LogP contribution in [0.4, 0.5) is 11.5 Å². The van der Waals surface area contributed by atoms with E-state index < -0.39 is 0 Å². The van der Waals surface area contributed by atoms with Crippen LogP contribution in [0.1, 0.15) is 54.8 Å². The van der Waals surface area contributed by atoms with Gasteiger partial charge in [-0.2, -0.15) is 0 Å². The van der Waals surface area contributed by atoms with Gasteiger partial charge in [0.2, 0.25) is 0 Å². The highest BCUT2D eigenvalue weighted by molar-refractivity contribution is 5.60.